The molecule has 6 nitrogen and oxygen atoms in total. The summed E-state index contributed by atoms with van der Waals surface area (Å²) in [6.45, 7) is 0. The van der Waals surface area contributed by atoms with E-state index in [2.05, 4.69) is 10.5 Å². The van der Waals surface area contributed by atoms with E-state index in [9.17, 15) is 9.50 Å². The molecule has 0 amide bonds. The largest absolute Gasteiger partial charge is 0.492 e. The second-order valence-corrected chi connectivity index (χ2v) is 5.46. The second kappa shape index (κ2) is 5.69. The molecule has 0 saturated carbocycles. The summed E-state index contributed by atoms with van der Waals surface area (Å²) in [4.78, 5) is 3.97. The Morgan fingerprint density at radius 1 is 1.13 bits per heavy atom. The van der Waals surface area contributed by atoms with E-state index in [1.54, 1.807) is 18.2 Å². The lowest BCUT2D eigenvalue weighted by atomic mass is 10.0. The van der Waals surface area contributed by atoms with E-state index >= 15 is 0 Å². The molecule has 2 aliphatic rings. The highest BCUT2D eigenvalue weighted by molar-refractivity contribution is 6.29. The van der Waals surface area contributed by atoms with E-state index in [4.69, 9.17) is 11.6 Å². The van der Waals surface area contributed by atoms with Gasteiger partial charge in [0, 0.05) is 0 Å². The number of anilines is 2. The molecule has 0 aliphatic carbocycles. The minimum Gasteiger partial charge on any atom is -0.492 e. The van der Waals surface area contributed by atoms with Gasteiger partial charge in [-0.1, -0.05) is 23.7 Å². The fraction of sp³-hybridized carbons (Fsp3) is 0.133. The van der Waals surface area contributed by atoms with Crippen molar-refractivity contribution in [3.05, 3.63) is 64.6 Å². The van der Waals surface area contributed by atoms with Gasteiger partial charge < -0.3 is 10.6 Å². The van der Waals surface area contributed by atoms with Gasteiger partial charge in [0.05, 0.1) is 11.9 Å². The number of aliphatic hydroxyl groups is 1. The van der Waals surface area contributed by atoms with Crippen LogP contribution in [-0.2, 0) is 6.42 Å². The maximum absolute atomic E-state index is 14.2. The number of halogens is 2. The summed E-state index contributed by atoms with van der Waals surface area (Å²) < 4.78 is 14.2. The molecule has 3 heterocycles. The Hall–Kier alpha value is -2.35. The van der Waals surface area contributed by atoms with Crippen LogP contribution in [0.3, 0.4) is 0 Å². The molecular formula is C15H13ClFN4O2. The van der Waals surface area contributed by atoms with Crippen molar-refractivity contribution in [1.29, 1.82) is 0 Å². The van der Waals surface area contributed by atoms with Crippen molar-refractivity contribution >= 4 is 23.0 Å². The van der Waals surface area contributed by atoms with Gasteiger partial charge in [0.2, 0.25) is 5.88 Å². The predicted molar refractivity (Wildman–Crippen MR) is 84.3 cm³/mol. The Morgan fingerprint density at radius 3 is 2.70 bits per heavy atom. The minimum absolute atomic E-state index is 0. The number of para-hydroxylation sites is 1. The number of aromatic nitrogens is 1. The topological polar surface area (TPSA) is 85.2 Å². The van der Waals surface area contributed by atoms with E-state index in [1.165, 1.54) is 22.3 Å². The highest BCUT2D eigenvalue weighted by Gasteiger charge is 2.37. The van der Waals surface area contributed by atoms with Crippen LogP contribution in [0.5, 0.6) is 0 Å². The van der Waals surface area contributed by atoms with Gasteiger partial charge in [-0.3, -0.25) is 0 Å². The van der Waals surface area contributed by atoms with Gasteiger partial charge in [-0.15, -0.1) is 0 Å². The third-order valence-corrected chi connectivity index (χ3v) is 3.99. The Bertz CT molecular complexity index is 782. The standard InChI is InChI=1S/C15H11ClFN4O.H2O/c16-13-7-5-10(8-18-13)20-15(22)12-6-4-9-2-1-3-11(17)14(9)21(12)19-20;/h1-3,5,7-8,22H,4,6H2;1H2. The first kappa shape index (κ1) is 15.5. The number of nitrogens with zero attached hydrogens (tertiary/aromatic N) is 4. The molecule has 1 aromatic carbocycles. The van der Waals surface area contributed by atoms with Crippen molar-refractivity contribution < 1.29 is 15.0 Å². The van der Waals surface area contributed by atoms with Crippen molar-refractivity contribution in [3.63, 3.8) is 0 Å². The molecule has 8 heteroatoms. The van der Waals surface area contributed by atoms with Crippen LogP contribution in [0.15, 0.2) is 48.1 Å². The number of aryl methyl sites for hydroxylation is 1. The average molecular weight is 336 g/mol. The van der Waals surface area contributed by atoms with Gasteiger partial charge in [-0.2, -0.15) is 0 Å². The molecule has 0 atom stereocenters. The Labute approximate surface area is 136 Å². The van der Waals surface area contributed by atoms with Crippen molar-refractivity contribution in [1.82, 2.24) is 10.5 Å². The van der Waals surface area contributed by atoms with E-state index in [0.29, 0.717) is 35.1 Å². The number of fused-ring (bicyclic) bond motifs is 3. The first-order valence-electron chi connectivity index (χ1n) is 6.78. The first-order valence-corrected chi connectivity index (χ1v) is 7.16. The number of rotatable bonds is 1. The monoisotopic (exact) mass is 335 g/mol. The van der Waals surface area contributed by atoms with Crippen molar-refractivity contribution in [2.24, 2.45) is 0 Å². The molecule has 2 aromatic rings. The smallest absolute Gasteiger partial charge is 0.231 e. The van der Waals surface area contributed by atoms with Crippen LogP contribution in [0.4, 0.5) is 15.8 Å². The lowest BCUT2D eigenvalue weighted by Gasteiger charge is -2.27. The number of allylic oxidation sites excluding steroid dienone is 1. The quantitative estimate of drug-likeness (QED) is 0.811. The zero-order valence-corrected chi connectivity index (χ0v) is 12.6. The minimum atomic E-state index is -0.359. The predicted octanol–water partition coefficient (Wildman–Crippen LogP) is 2.48. The number of pyridine rings is 1. The summed E-state index contributed by atoms with van der Waals surface area (Å²) in [5.41, 5.74) is 6.71. The highest BCUT2D eigenvalue weighted by Crippen LogP contribution is 2.39. The normalized spacial score (nSPS) is 16.1. The molecule has 1 radical (unpaired) electrons. The molecule has 119 valence electrons. The molecule has 1 aromatic heterocycles. The van der Waals surface area contributed by atoms with Gasteiger partial charge in [0.25, 0.3) is 0 Å². The Balaban J connectivity index is 0.00000156. The Kier molecular flexibility index (Phi) is 3.85. The highest BCUT2D eigenvalue weighted by atomic mass is 35.5. The van der Waals surface area contributed by atoms with Crippen LogP contribution < -0.4 is 15.6 Å². The average Bonchev–Trinajstić information content (AvgIpc) is 2.85. The summed E-state index contributed by atoms with van der Waals surface area (Å²) in [5, 5.41) is 13.6. The van der Waals surface area contributed by atoms with Gasteiger partial charge >= 0.3 is 0 Å². The molecule has 2 aliphatic heterocycles. The molecule has 23 heavy (non-hydrogen) atoms. The van der Waals surface area contributed by atoms with Crippen molar-refractivity contribution in [2.75, 3.05) is 10.0 Å². The van der Waals surface area contributed by atoms with Gasteiger partial charge in [0.1, 0.15) is 22.4 Å². The number of aliphatic hydroxyl groups excluding tert-OH is 1. The number of benzene rings is 1. The van der Waals surface area contributed by atoms with Crippen molar-refractivity contribution in [2.45, 2.75) is 12.8 Å². The zero-order valence-electron chi connectivity index (χ0n) is 11.9. The molecular weight excluding hydrogens is 323 g/mol. The summed E-state index contributed by atoms with van der Waals surface area (Å²) in [6, 6.07) is 8.24. The summed E-state index contributed by atoms with van der Waals surface area (Å²) in [6.07, 6.45) is 2.75. The molecule has 4 rings (SSSR count). The summed E-state index contributed by atoms with van der Waals surface area (Å²) in [7, 11) is 0. The van der Waals surface area contributed by atoms with Gasteiger partial charge in [-0.05, 0) is 42.1 Å². The maximum atomic E-state index is 14.2. The molecule has 0 fully saturated rings. The fourth-order valence-corrected chi connectivity index (χ4v) is 2.83. The summed E-state index contributed by atoms with van der Waals surface area (Å²) in [5.74, 6) is -0.375. The van der Waals surface area contributed by atoms with Gasteiger partial charge in [0.15, 0.2) is 0 Å². The van der Waals surface area contributed by atoms with Crippen LogP contribution in [-0.4, -0.2) is 15.6 Å². The Morgan fingerprint density at radius 2 is 1.96 bits per heavy atom. The third kappa shape index (κ3) is 2.39. The first-order chi connectivity index (χ1) is 10.6. The fourth-order valence-electron chi connectivity index (χ4n) is 2.72. The second-order valence-electron chi connectivity index (χ2n) is 5.07. The molecule has 0 saturated heterocycles. The number of hydrogen-bond donors (Lipinski definition) is 1. The van der Waals surface area contributed by atoms with E-state index in [0.717, 1.165) is 5.56 Å². The SMILES string of the molecule is O.OC1=C2CCc3cccc(F)c3N2[N]N1c1ccc(Cl)nc1. The van der Waals surface area contributed by atoms with E-state index < -0.39 is 0 Å². The van der Waals surface area contributed by atoms with Crippen molar-refractivity contribution in [3.8, 4) is 0 Å². The van der Waals surface area contributed by atoms with E-state index in [-0.39, 0.29) is 17.2 Å². The number of hydrogen-bond acceptors (Lipinski definition) is 4. The van der Waals surface area contributed by atoms with Gasteiger partial charge in [-0.25, -0.2) is 19.4 Å². The molecule has 3 N–H and O–H groups in total. The van der Waals surface area contributed by atoms with Crippen LogP contribution >= 0.6 is 11.6 Å². The van der Waals surface area contributed by atoms with Crippen LogP contribution in [0.2, 0.25) is 5.15 Å². The molecule has 0 unspecified atom stereocenters. The lowest BCUT2D eigenvalue weighted by Crippen LogP contribution is -2.37. The van der Waals surface area contributed by atoms with E-state index in [1.807, 2.05) is 6.07 Å². The van der Waals surface area contributed by atoms with Crippen LogP contribution in [0.1, 0.15) is 12.0 Å². The van der Waals surface area contributed by atoms with Crippen LogP contribution in [0, 0.1) is 5.82 Å². The molecule has 0 spiro atoms. The lowest BCUT2D eigenvalue weighted by molar-refractivity contribution is 0.385. The van der Waals surface area contributed by atoms with Crippen LogP contribution in [0.25, 0.3) is 0 Å². The zero-order chi connectivity index (χ0) is 15.3. The third-order valence-electron chi connectivity index (χ3n) is 3.76. The summed E-state index contributed by atoms with van der Waals surface area (Å²) >= 11 is 5.77. The molecule has 0 bridgehead atoms. The maximum Gasteiger partial charge on any atom is 0.231 e.